The molecule has 0 radical (unpaired) electrons. The Morgan fingerprint density at radius 1 is 1.09 bits per heavy atom. The molecule has 7 nitrogen and oxygen atoms in total. The number of hydrogen-bond donors (Lipinski definition) is 2. The molecule has 0 bridgehead atoms. The van der Waals surface area contributed by atoms with Crippen molar-refractivity contribution >= 4 is 35.6 Å². The number of benzene rings is 2. The Labute approximate surface area is 211 Å². The number of anilines is 1. The van der Waals surface area contributed by atoms with Crippen LogP contribution in [-0.4, -0.2) is 43.0 Å². The summed E-state index contributed by atoms with van der Waals surface area (Å²) in [6.07, 6.45) is 3.53. The average Bonchev–Trinajstić information content (AvgIpc) is 3.27. The first-order chi connectivity index (χ1) is 15.9. The van der Waals surface area contributed by atoms with Crippen LogP contribution >= 0.6 is 24.0 Å². The maximum atomic E-state index is 13.5. The van der Waals surface area contributed by atoms with Crippen LogP contribution in [0.3, 0.4) is 0 Å². The van der Waals surface area contributed by atoms with Gasteiger partial charge in [0.2, 0.25) is 0 Å². The number of amides is 1. The van der Waals surface area contributed by atoms with Crippen molar-refractivity contribution in [2.24, 2.45) is 0 Å². The Hall–Kier alpha value is -2.74. The van der Waals surface area contributed by atoms with Gasteiger partial charge in [-0.25, -0.2) is 4.68 Å². The molecule has 1 aliphatic rings. The lowest BCUT2D eigenvalue weighted by molar-refractivity contribution is 0.102. The first-order valence-electron chi connectivity index (χ1n) is 11.0. The van der Waals surface area contributed by atoms with Crippen molar-refractivity contribution in [3.05, 3.63) is 63.9 Å². The number of halogens is 2. The zero-order chi connectivity index (χ0) is 23.5. The molecule has 0 aliphatic carbocycles. The van der Waals surface area contributed by atoms with Gasteiger partial charge in [-0.1, -0.05) is 17.7 Å². The van der Waals surface area contributed by atoms with Crippen molar-refractivity contribution in [1.82, 2.24) is 15.1 Å². The van der Waals surface area contributed by atoms with E-state index in [2.05, 4.69) is 41.7 Å². The zero-order valence-corrected chi connectivity index (χ0v) is 21.3. The molecule has 2 heterocycles. The molecule has 0 unspecified atom stereocenters. The van der Waals surface area contributed by atoms with Crippen molar-refractivity contribution < 1.29 is 14.3 Å². The topological polar surface area (TPSA) is 77.4 Å². The largest absolute Gasteiger partial charge is 0.495 e. The van der Waals surface area contributed by atoms with Gasteiger partial charge in [0.1, 0.15) is 11.5 Å². The Morgan fingerprint density at radius 3 is 2.44 bits per heavy atom. The number of piperidine rings is 1. The van der Waals surface area contributed by atoms with Crippen LogP contribution < -0.4 is 20.1 Å². The zero-order valence-electron chi connectivity index (χ0n) is 19.8. The van der Waals surface area contributed by atoms with Gasteiger partial charge in [0.15, 0.2) is 0 Å². The van der Waals surface area contributed by atoms with Gasteiger partial charge in [-0.3, -0.25) is 4.79 Å². The third kappa shape index (κ3) is 5.17. The van der Waals surface area contributed by atoms with E-state index in [1.165, 1.54) is 25.3 Å². The third-order valence-electron chi connectivity index (χ3n) is 6.23. The summed E-state index contributed by atoms with van der Waals surface area (Å²) in [4.78, 5) is 13.5. The Bertz CT molecular complexity index is 1170. The number of aromatic nitrogens is 2. The van der Waals surface area contributed by atoms with Gasteiger partial charge in [-0.2, -0.15) is 5.10 Å². The van der Waals surface area contributed by atoms with E-state index in [1.807, 2.05) is 10.7 Å². The molecule has 3 aromatic rings. The summed E-state index contributed by atoms with van der Waals surface area (Å²) in [6.45, 7) is 5.99. The first kappa shape index (κ1) is 25.9. The van der Waals surface area contributed by atoms with Gasteiger partial charge in [0, 0.05) is 12.0 Å². The van der Waals surface area contributed by atoms with E-state index >= 15 is 0 Å². The van der Waals surface area contributed by atoms with Gasteiger partial charge in [0.05, 0.1) is 48.1 Å². The van der Waals surface area contributed by atoms with E-state index in [0.29, 0.717) is 27.8 Å². The quantitative estimate of drug-likeness (QED) is 0.476. The predicted molar refractivity (Wildman–Crippen MR) is 138 cm³/mol. The Morgan fingerprint density at radius 2 is 1.79 bits per heavy atom. The van der Waals surface area contributed by atoms with E-state index in [4.69, 9.17) is 21.1 Å². The number of aryl methyl sites for hydroxylation is 2. The molecule has 2 aromatic carbocycles. The lowest BCUT2D eigenvalue weighted by Crippen LogP contribution is -2.29. The van der Waals surface area contributed by atoms with Crippen molar-refractivity contribution in [2.75, 3.05) is 32.6 Å². The molecule has 34 heavy (non-hydrogen) atoms. The number of carbonyl (C=O) groups is 1. The molecule has 0 spiro atoms. The number of nitrogens with zero attached hydrogens (tertiary/aromatic N) is 2. The highest BCUT2D eigenvalue weighted by molar-refractivity contribution is 6.32. The molecule has 1 saturated heterocycles. The van der Waals surface area contributed by atoms with E-state index in [9.17, 15) is 4.79 Å². The molecule has 0 atom stereocenters. The van der Waals surface area contributed by atoms with Gasteiger partial charge < -0.3 is 20.1 Å². The van der Waals surface area contributed by atoms with Crippen molar-refractivity contribution in [1.29, 1.82) is 0 Å². The van der Waals surface area contributed by atoms with Gasteiger partial charge in [0.25, 0.3) is 5.91 Å². The molecule has 2 N–H and O–H groups in total. The molecule has 1 fully saturated rings. The van der Waals surface area contributed by atoms with Crippen LogP contribution in [0.15, 0.2) is 36.5 Å². The summed E-state index contributed by atoms with van der Waals surface area (Å²) in [6, 6.07) is 9.54. The number of hydrogen-bond acceptors (Lipinski definition) is 5. The van der Waals surface area contributed by atoms with Gasteiger partial charge in [-0.15, -0.1) is 12.4 Å². The van der Waals surface area contributed by atoms with Crippen LogP contribution in [-0.2, 0) is 0 Å². The average molecular weight is 505 g/mol. The van der Waals surface area contributed by atoms with E-state index in [1.54, 1.807) is 18.3 Å². The molecule has 0 saturated carbocycles. The summed E-state index contributed by atoms with van der Waals surface area (Å²) in [5, 5.41) is 11.4. The first-order valence-corrected chi connectivity index (χ1v) is 11.4. The van der Waals surface area contributed by atoms with Gasteiger partial charge >= 0.3 is 0 Å². The van der Waals surface area contributed by atoms with Crippen molar-refractivity contribution in [2.45, 2.75) is 32.6 Å². The second kappa shape index (κ2) is 11.1. The highest BCUT2D eigenvalue weighted by Gasteiger charge is 2.27. The third-order valence-corrected chi connectivity index (χ3v) is 6.53. The second-order valence-corrected chi connectivity index (χ2v) is 8.70. The highest BCUT2D eigenvalue weighted by Crippen LogP contribution is 2.37. The van der Waals surface area contributed by atoms with E-state index in [-0.39, 0.29) is 24.2 Å². The maximum Gasteiger partial charge on any atom is 0.259 e. The number of carbonyl (C=O) groups excluding carboxylic acids is 1. The molecular weight excluding hydrogens is 475 g/mol. The van der Waals surface area contributed by atoms with Crippen molar-refractivity contribution in [3.63, 3.8) is 0 Å². The minimum absolute atomic E-state index is 0. The minimum atomic E-state index is -0.252. The lowest BCUT2D eigenvalue weighted by Gasteiger charge is -2.25. The Kier molecular flexibility index (Phi) is 8.47. The minimum Gasteiger partial charge on any atom is -0.495 e. The monoisotopic (exact) mass is 504 g/mol. The SMILES string of the molecule is COc1cc(OC)c(NC(=O)c2cnn(-c3ccc(C)c(C)c3)c2C2CCNCC2)cc1Cl.Cl. The van der Waals surface area contributed by atoms with Crippen LogP contribution in [0.4, 0.5) is 5.69 Å². The van der Waals surface area contributed by atoms with E-state index < -0.39 is 0 Å². The fourth-order valence-electron chi connectivity index (χ4n) is 4.23. The summed E-state index contributed by atoms with van der Waals surface area (Å²) < 4.78 is 12.6. The number of ether oxygens (including phenoxy) is 2. The lowest BCUT2D eigenvalue weighted by atomic mass is 9.91. The fraction of sp³-hybridized carbons (Fsp3) is 0.360. The smallest absolute Gasteiger partial charge is 0.259 e. The van der Waals surface area contributed by atoms with Crippen LogP contribution in [0.2, 0.25) is 5.02 Å². The summed E-state index contributed by atoms with van der Waals surface area (Å²) in [5.74, 6) is 0.912. The van der Waals surface area contributed by atoms with E-state index in [0.717, 1.165) is 37.3 Å². The molecule has 182 valence electrons. The summed E-state index contributed by atoms with van der Waals surface area (Å²) in [5.41, 5.74) is 5.31. The number of methoxy groups -OCH3 is 2. The van der Waals surface area contributed by atoms with Crippen LogP contribution in [0.25, 0.3) is 5.69 Å². The number of nitrogens with one attached hydrogen (secondary N) is 2. The predicted octanol–water partition coefficient (Wildman–Crippen LogP) is 5.30. The van der Waals surface area contributed by atoms with Crippen LogP contribution in [0.1, 0.15) is 45.9 Å². The Balaban J connectivity index is 0.00000324. The molecular formula is C25H30Cl2N4O3. The molecule has 4 rings (SSSR count). The molecule has 1 aliphatic heterocycles. The summed E-state index contributed by atoms with van der Waals surface area (Å²) >= 11 is 6.30. The molecule has 1 amide bonds. The fourth-order valence-corrected chi connectivity index (χ4v) is 4.47. The van der Waals surface area contributed by atoms with Gasteiger partial charge in [-0.05, 0) is 69.1 Å². The summed E-state index contributed by atoms with van der Waals surface area (Å²) in [7, 11) is 3.07. The molecule has 1 aromatic heterocycles. The molecule has 9 heteroatoms. The number of rotatable bonds is 6. The normalized spacial score (nSPS) is 13.8. The highest BCUT2D eigenvalue weighted by atomic mass is 35.5. The standard InChI is InChI=1S/C25H29ClN4O3.ClH/c1-15-5-6-18(11-16(15)2)30-24(17-7-9-27-10-8-17)19(14-28-30)25(31)29-21-12-20(26)22(32-3)13-23(21)33-4;/h5-6,11-14,17,27H,7-10H2,1-4H3,(H,29,31);1H. The van der Waals surface area contributed by atoms with Crippen LogP contribution in [0.5, 0.6) is 11.5 Å². The second-order valence-electron chi connectivity index (χ2n) is 8.29. The maximum absolute atomic E-state index is 13.5. The van der Waals surface area contributed by atoms with Crippen molar-refractivity contribution in [3.8, 4) is 17.2 Å². The van der Waals surface area contributed by atoms with Crippen LogP contribution in [0, 0.1) is 13.8 Å².